The van der Waals surface area contributed by atoms with Crippen molar-refractivity contribution in [2.75, 3.05) is 34.3 Å². The Hall–Kier alpha value is -2.08. The van der Waals surface area contributed by atoms with Crippen molar-refractivity contribution in [2.45, 2.75) is 25.8 Å². The molecule has 1 aliphatic heterocycles. The fourth-order valence-electron chi connectivity index (χ4n) is 3.29. The number of pyridine rings is 1. The molecule has 0 N–H and O–H groups in total. The van der Waals surface area contributed by atoms with E-state index in [4.69, 9.17) is 4.74 Å². The topological polar surface area (TPSA) is 50.1 Å². The van der Waals surface area contributed by atoms with Gasteiger partial charge in [-0.25, -0.2) is 4.98 Å². The summed E-state index contributed by atoms with van der Waals surface area (Å²) in [4.78, 5) is 21.7. The molecule has 23 heavy (non-hydrogen) atoms. The molecule has 6 nitrogen and oxygen atoms in total. The van der Waals surface area contributed by atoms with Crippen LogP contribution in [0.4, 0.5) is 0 Å². The van der Waals surface area contributed by atoms with Crippen LogP contribution in [0.1, 0.15) is 29.0 Å². The predicted octanol–water partition coefficient (Wildman–Crippen LogP) is 1.82. The number of hydrogen-bond donors (Lipinski definition) is 0. The SMILES string of the molecule is COc1cccn2c(C(=O)N(C)C3CCN(C)CC3)c(C)nc12. The molecule has 0 aromatic carbocycles. The lowest BCUT2D eigenvalue weighted by atomic mass is 10.0. The number of aromatic nitrogens is 2. The number of nitrogens with zero attached hydrogens (tertiary/aromatic N) is 4. The van der Waals surface area contributed by atoms with Crippen molar-refractivity contribution in [2.24, 2.45) is 0 Å². The number of amides is 1. The van der Waals surface area contributed by atoms with Crippen molar-refractivity contribution < 1.29 is 9.53 Å². The number of methoxy groups -OCH3 is 1. The van der Waals surface area contributed by atoms with Gasteiger partial charge in [-0.2, -0.15) is 0 Å². The standard InChI is InChI=1S/C17H24N4O2/c1-12-15(21-9-5-6-14(23-4)16(21)18-12)17(22)20(3)13-7-10-19(2)11-8-13/h5-6,9,13H,7-8,10-11H2,1-4H3. The van der Waals surface area contributed by atoms with Crippen molar-refractivity contribution >= 4 is 11.6 Å². The van der Waals surface area contributed by atoms with Crippen LogP contribution in [0.2, 0.25) is 0 Å². The Kier molecular flexibility index (Phi) is 4.26. The number of aryl methyl sites for hydroxylation is 1. The highest BCUT2D eigenvalue weighted by Gasteiger charge is 2.28. The van der Waals surface area contributed by atoms with Crippen molar-refractivity contribution in [3.8, 4) is 5.75 Å². The van der Waals surface area contributed by atoms with Crippen LogP contribution < -0.4 is 4.74 Å². The van der Waals surface area contributed by atoms with Gasteiger partial charge < -0.3 is 14.5 Å². The summed E-state index contributed by atoms with van der Waals surface area (Å²) in [5.41, 5.74) is 2.05. The van der Waals surface area contributed by atoms with Gasteiger partial charge in [-0.05, 0) is 52.0 Å². The van der Waals surface area contributed by atoms with Crippen molar-refractivity contribution in [1.29, 1.82) is 0 Å². The van der Waals surface area contributed by atoms with Gasteiger partial charge in [0.05, 0.1) is 12.8 Å². The maximum absolute atomic E-state index is 13.0. The lowest BCUT2D eigenvalue weighted by Gasteiger charge is -2.35. The zero-order valence-electron chi connectivity index (χ0n) is 14.2. The van der Waals surface area contributed by atoms with E-state index in [2.05, 4.69) is 16.9 Å². The Morgan fingerprint density at radius 2 is 2.09 bits per heavy atom. The van der Waals surface area contributed by atoms with Crippen LogP contribution in [-0.2, 0) is 0 Å². The third-order valence-corrected chi connectivity index (χ3v) is 4.77. The van der Waals surface area contributed by atoms with Gasteiger partial charge in [0.2, 0.25) is 0 Å². The van der Waals surface area contributed by atoms with Gasteiger partial charge in [-0.15, -0.1) is 0 Å². The summed E-state index contributed by atoms with van der Waals surface area (Å²) in [6.07, 6.45) is 3.89. The number of ether oxygens (including phenoxy) is 1. The summed E-state index contributed by atoms with van der Waals surface area (Å²) in [6, 6.07) is 4.02. The third-order valence-electron chi connectivity index (χ3n) is 4.77. The number of rotatable bonds is 3. The number of carbonyl (C=O) groups is 1. The molecular formula is C17H24N4O2. The van der Waals surface area contributed by atoms with Crippen molar-refractivity contribution in [3.05, 3.63) is 29.7 Å². The second-order valence-corrected chi connectivity index (χ2v) is 6.27. The van der Waals surface area contributed by atoms with Crippen LogP contribution in [0.3, 0.4) is 0 Å². The van der Waals surface area contributed by atoms with Crippen LogP contribution in [0.5, 0.6) is 5.75 Å². The zero-order valence-corrected chi connectivity index (χ0v) is 14.2. The molecule has 1 aliphatic rings. The Morgan fingerprint density at radius 3 is 2.74 bits per heavy atom. The summed E-state index contributed by atoms with van der Waals surface area (Å²) in [6.45, 7) is 3.94. The number of fused-ring (bicyclic) bond motifs is 1. The van der Waals surface area contributed by atoms with Gasteiger partial charge in [-0.3, -0.25) is 9.20 Å². The highest BCUT2D eigenvalue weighted by atomic mass is 16.5. The molecule has 0 unspecified atom stereocenters. The maximum Gasteiger partial charge on any atom is 0.272 e. The first-order chi connectivity index (χ1) is 11.0. The molecule has 3 rings (SSSR count). The second kappa shape index (κ2) is 6.20. The van der Waals surface area contributed by atoms with Gasteiger partial charge >= 0.3 is 0 Å². The molecule has 0 atom stereocenters. The van der Waals surface area contributed by atoms with E-state index in [1.807, 2.05) is 41.6 Å². The lowest BCUT2D eigenvalue weighted by Crippen LogP contribution is -2.44. The molecule has 0 spiro atoms. The molecule has 1 saturated heterocycles. The molecule has 1 amide bonds. The summed E-state index contributed by atoms with van der Waals surface area (Å²) in [5, 5.41) is 0. The molecule has 1 fully saturated rings. The molecule has 3 heterocycles. The minimum Gasteiger partial charge on any atom is -0.493 e. The molecule has 2 aromatic heterocycles. The fourth-order valence-corrected chi connectivity index (χ4v) is 3.29. The molecule has 0 saturated carbocycles. The third kappa shape index (κ3) is 2.79. The minimum absolute atomic E-state index is 0.0257. The van der Waals surface area contributed by atoms with Gasteiger partial charge in [0.15, 0.2) is 11.4 Å². The Labute approximate surface area is 136 Å². The summed E-state index contributed by atoms with van der Waals surface area (Å²) in [5.74, 6) is 0.703. The average Bonchev–Trinajstić information content (AvgIpc) is 2.90. The molecule has 2 aromatic rings. The van der Waals surface area contributed by atoms with E-state index in [1.54, 1.807) is 7.11 Å². The van der Waals surface area contributed by atoms with E-state index in [9.17, 15) is 4.79 Å². The number of piperidine rings is 1. The molecule has 6 heteroatoms. The van der Waals surface area contributed by atoms with E-state index in [0.29, 0.717) is 17.1 Å². The molecule has 0 radical (unpaired) electrons. The van der Waals surface area contributed by atoms with Gasteiger partial charge in [0.1, 0.15) is 5.69 Å². The van der Waals surface area contributed by atoms with Crippen LogP contribution in [0.25, 0.3) is 5.65 Å². The number of likely N-dealkylation sites (tertiary alicyclic amines) is 1. The molecule has 124 valence electrons. The highest BCUT2D eigenvalue weighted by Crippen LogP contribution is 2.24. The predicted molar refractivity (Wildman–Crippen MR) is 89.1 cm³/mol. The summed E-state index contributed by atoms with van der Waals surface area (Å²) in [7, 11) is 5.64. The quantitative estimate of drug-likeness (QED) is 0.867. The first kappa shape index (κ1) is 15.8. The van der Waals surface area contributed by atoms with Crippen molar-refractivity contribution in [3.63, 3.8) is 0 Å². The zero-order chi connectivity index (χ0) is 16.6. The minimum atomic E-state index is 0.0257. The highest BCUT2D eigenvalue weighted by molar-refractivity contribution is 5.95. The summed E-state index contributed by atoms with van der Waals surface area (Å²) >= 11 is 0. The van der Waals surface area contributed by atoms with Gasteiger partial charge in [0, 0.05) is 19.3 Å². The number of carbonyl (C=O) groups excluding carboxylic acids is 1. The van der Waals surface area contributed by atoms with Crippen LogP contribution >= 0.6 is 0 Å². The largest absolute Gasteiger partial charge is 0.493 e. The van der Waals surface area contributed by atoms with Gasteiger partial charge in [-0.1, -0.05) is 0 Å². The van der Waals surface area contributed by atoms with Crippen LogP contribution in [0.15, 0.2) is 18.3 Å². The Bertz CT molecular complexity index is 717. The number of imidazole rings is 1. The van der Waals surface area contributed by atoms with Gasteiger partial charge in [0.25, 0.3) is 5.91 Å². The summed E-state index contributed by atoms with van der Waals surface area (Å²) < 4.78 is 7.19. The molecular weight excluding hydrogens is 292 g/mol. The van der Waals surface area contributed by atoms with Crippen LogP contribution in [-0.4, -0.2) is 65.4 Å². The van der Waals surface area contributed by atoms with Crippen LogP contribution in [0, 0.1) is 6.92 Å². The van der Waals surface area contributed by atoms with E-state index in [0.717, 1.165) is 31.6 Å². The average molecular weight is 316 g/mol. The van der Waals surface area contributed by atoms with E-state index >= 15 is 0 Å². The first-order valence-electron chi connectivity index (χ1n) is 8.00. The molecule has 0 bridgehead atoms. The first-order valence-corrected chi connectivity index (χ1v) is 8.00. The number of hydrogen-bond acceptors (Lipinski definition) is 4. The monoisotopic (exact) mass is 316 g/mol. The van der Waals surface area contributed by atoms with Crippen molar-refractivity contribution in [1.82, 2.24) is 19.2 Å². The fraction of sp³-hybridized carbons (Fsp3) is 0.529. The lowest BCUT2D eigenvalue weighted by molar-refractivity contribution is 0.0652. The maximum atomic E-state index is 13.0. The second-order valence-electron chi connectivity index (χ2n) is 6.27. The van der Waals surface area contributed by atoms with E-state index < -0.39 is 0 Å². The van der Waals surface area contributed by atoms with E-state index in [1.165, 1.54) is 0 Å². The molecule has 0 aliphatic carbocycles. The van der Waals surface area contributed by atoms with E-state index in [-0.39, 0.29) is 11.9 Å². The Balaban J connectivity index is 1.93. The smallest absolute Gasteiger partial charge is 0.272 e. The normalized spacial score (nSPS) is 16.7. The Morgan fingerprint density at radius 1 is 1.39 bits per heavy atom.